The van der Waals surface area contributed by atoms with E-state index in [1.54, 1.807) is 4.91 Å². The summed E-state index contributed by atoms with van der Waals surface area (Å²) >= 11 is 2.05. The van der Waals surface area contributed by atoms with Gasteiger partial charge in [0.25, 0.3) is 0 Å². The fourth-order valence-corrected chi connectivity index (χ4v) is 2.71. The van der Waals surface area contributed by atoms with Crippen LogP contribution in [0.25, 0.3) is 0 Å². The van der Waals surface area contributed by atoms with Crippen molar-refractivity contribution < 1.29 is 0 Å². The van der Waals surface area contributed by atoms with E-state index in [-0.39, 0.29) is 17.0 Å². The highest BCUT2D eigenvalue weighted by Gasteiger charge is 2.22. The number of nitrogens with one attached hydrogen (secondary N) is 1. The number of fused-ring (bicyclic) bond motifs is 1. The van der Waals surface area contributed by atoms with Crippen molar-refractivity contribution in [1.29, 1.82) is 0 Å². The summed E-state index contributed by atoms with van der Waals surface area (Å²) < 4.78 is 0. The summed E-state index contributed by atoms with van der Waals surface area (Å²) in [6.45, 7) is 2.32. The van der Waals surface area contributed by atoms with E-state index in [0.29, 0.717) is 0 Å². The largest absolute Gasteiger partial charge is 0.313 e. The van der Waals surface area contributed by atoms with Crippen molar-refractivity contribution in [2.75, 3.05) is 18.8 Å². The third-order valence-electron chi connectivity index (χ3n) is 1.98. The van der Waals surface area contributed by atoms with Crippen LogP contribution >= 0.6 is 28.7 Å². The lowest BCUT2D eigenvalue weighted by Gasteiger charge is -2.16. The van der Waals surface area contributed by atoms with E-state index < -0.39 is 0 Å². The molecule has 2 aliphatic rings. The van der Waals surface area contributed by atoms with Crippen LogP contribution in [-0.4, -0.2) is 18.8 Å². The van der Waals surface area contributed by atoms with Gasteiger partial charge in [-0.3, -0.25) is 0 Å². The molecule has 0 aromatic heterocycles. The molecule has 0 aliphatic carbocycles. The second kappa shape index (κ2) is 3.79. The minimum absolute atomic E-state index is 0. The SMILES string of the molecule is Br.C1=C2SCCC2CNC1. The molecule has 0 bridgehead atoms. The molecule has 1 atom stereocenters. The van der Waals surface area contributed by atoms with E-state index in [1.807, 2.05) is 11.8 Å². The molecular weight excluding hydrogens is 210 g/mol. The van der Waals surface area contributed by atoms with Crippen molar-refractivity contribution in [2.45, 2.75) is 6.42 Å². The topological polar surface area (TPSA) is 12.0 Å². The Bertz CT molecular complexity index is 147. The summed E-state index contributed by atoms with van der Waals surface area (Å²) in [6, 6.07) is 0. The maximum atomic E-state index is 3.37. The van der Waals surface area contributed by atoms with Gasteiger partial charge in [0, 0.05) is 19.0 Å². The highest BCUT2D eigenvalue weighted by Crippen LogP contribution is 2.36. The molecule has 0 radical (unpaired) electrons. The third-order valence-corrected chi connectivity index (χ3v) is 3.25. The maximum absolute atomic E-state index is 3.37. The van der Waals surface area contributed by atoms with Crippen molar-refractivity contribution in [2.24, 2.45) is 5.92 Å². The van der Waals surface area contributed by atoms with Gasteiger partial charge < -0.3 is 5.32 Å². The summed E-state index contributed by atoms with van der Waals surface area (Å²) in [4.78, 5) is 1.65. The predicted molar refractivity (Wildman–Crippen MR) is 51.8 cm³/mol. The van der Waals surface area contributed by atoms with Crippen LogP contribution < -0.4 is 5.32 Å². The number of thioether (sulfide) groups is 1. The van der Waals surface area contributed by atoms with E-state index >= 15 is 0 Å². The first kappa shape index (κ1) is 8.62. The van der Waals surface area contributed by atoms with Crippen molar-refractivity contribution in [3.8, 4) is 0 Å². The Morgan fingerprint density at radius 2 is 2.50 bits per heavy atom. The number of halogens is 1. The standard InChI is InChI=1S/C7H11NS.BrH/c1-3-8-5-6-2-4-9-7(1)6;/h1,6,8H,2-5H2;1H. The van der Waals surface area contributed by atoms with E-state index in [0.717, 1.165) is 12.5 Å². The van der Waals surface area contributed by atoms with Gasteiger partial charge in [-0.2, -0.15) is 0 Å². The fourth-order valence-electron chi connectivity index (χ4n) is 1.44. The minimum Gasteiger partial charge on any atom is -0.313 e. The molecular formula is C7H12BrNS. The molecule has 3 heteroatoms. The van der Waals surface area contributed by atoms with E-state index in [4.69, 9.17) is 0 Å². The highest BCUT2D eigenvalue weighted by molar-refractivity contribution is 8.93. The molecule has 58 valence electrons. The first-order valence-electron chi connectivity index (χ1n) is 3.50. The monoisotopic (exact) mass is 221 g/mol. The summed E-state index contributed by atoms with van der Waals surface area (Å²) in [5.41, 5.74) is 0. The lowest BCUT2D eigenvalue weighted by Crippen LogP contribution is -2.26. The van der Waals surface area contributed by atoms with Gasteiger partial charge in [0.05, 0.1) is 0 Å². The normalized spacial score (nSPS) is 30.4. The van der Waals surface area contributed by atoms with Crippen LogP contribution in [0.4, 0.5) is 0 Å². The van der Waals surface area contributed by atoms with Crippen LogP contribution in [0, 0.1) is 5.92 Å². The van der Waals surface area contributed by atoms with Crippen LogP contribution in [0.3, 0.4) is 0 Å². The molecule has 1 fully saturated rings. The van der Waals surface area contributed by atoms with Gasteiger partial charge in [0.2, 0.25) is 0 Å². The Balaban J connectivity index is 0.000000500. The van der Waals surface area contributed by atoms with Crippen LogP contribution in [0.15, 0.2) is 11.0 Å². The fraction of sp³-hybridized carbons (Fsp3) is 0.714. The second-order valence-corrected chi connectivity index (χ2v) is 3.77. The molecule has 10 heavy (non-hydrogen) atoms. The average Bonchev–Trinajstić information content (AvgIpc) is 2.33. The highest BCUT2D eigenvalue weighted by atomic mass is 79.9. The molecule has 1 N–H and O–H groups in total. The molecule has 2 rings (SSSR count). The summed E-state index contributed by atoms with van der Waals surface area (Å²) in [5.74, 6) is 2.22. The number of rotatable bonds is 0. The molecule has 1 saturated heterocycles. The van der Waals surface area contributed by atoms with Crippen LogP contribution in [0.2, 0.25) is 0 Å². The smallest absolute Gasteiger partial charge is 0.0146 e. The van der Waals surface area contributed by atoms with E-state index in [2.05, 4.69) is 11.4 Å². The first-order valence-corrected chi connectivity index (χ1v) is 4.49. The van der Waals surface area contributed by atoms with E-state index in [9.17, 15) is 0 Å². The number of hydrogen-bond acceptors (Lipinski definition) is 2. The van der Waals surface area contributed by atoms with Gasteiger partial charge in [-0.25, -0.2) is 0 Å². The van der Waals surface area contributed by atoms with Gasteiger partial charge in [-0.1, -0.05) is 6.08 Å². The van der Waals surface area contributed by atoms with E-state index in [1.165, 1.54) is 18.7 Å². The predicted octanol–water partition coefficient (Wildman–Crippen LogP) is 1.80. The quantitative estimate of drug-likeness (QED) is 0.670. The molecule has 1 unspecified atom stereocenters. The summed E-state index contributed by atoms with van der Waals surface area (Å²) in [5, 5.41) is 3.37. The Morgan fingerprint density at radius 1 is 1.60 bits per heavy atom. The summed E-state index contributed by atoms with van der Waals surface area (Å²) in [6.07, 6.45) is 3.73. The van der Waals surface area contributed by atoms with Crippen LogP contribution in [0.5, 0.6) is 0 Å². The van der Waals surface area contributed by atoms with Crippen LogP contribution in [-0.2, 0) is 0 Å². The Hall–Kier alpha value is 0.530. The van der Waals surface area contributed by atoms with Gasteiger partial charge in [0.1, 0.15) is 0 Å². The first-order chi connectivity index (χ1) is 4.47. The van der Waals surface area contributed by atoms with Gasteiger partial charge in [-0.05, 0) is 17.1 Å². The average molecular weight is 222 g/mol. The molecule has 2 aliphatic heterocycles. The molecule has 1 nitrogen and oxygen atoms in total. The molecule has 2 heterocycles. The molecule has 0 spiro atoms. The Kier molecular flexibility index (Phi) is 3.27. The van der Waals surface area contributed by atoms with Crippen LogP contribution in [0.1, 0.15) is 6.42 Å². The molecule has 0 amide bonds. The lowest BCUT2D eigenvalue weighted by atomic mass is 10.0. The zero-order valence-electron chi connectivity index (χ0n) is 5.80. The van der Waals surface area contributed by atoms with Crippen molar-refractivity contribution in [3.63, 3.8) is 0 Å². The minimum atomic E-state index is 0. The summed E-state index contributed by atoms with van der Waals surface area (Å²) in [7, 11) is 0. The maximum Gasteiger partial charge on any atom is 0.0146 e. The molecule has 0 saturated carbocycles. The van der Waals surface area contributed by atoms with Gasteiger partial charge in [-0.15, -0.1) is 28.7 Å². The zero-order chi connectivity index (χ0) is 6.10. The van der Waals surface area contributed by atoms with Crippen molar-refractivity contribution in [3.05, 3.63) is 11.0 Å². The zero-order valence-corrected chi connectivity index (χ0v) is 8.33. The third kappa shape index (κ3) is 1.57. The molecule has 0 aromatic carbocycles. The van der Waals surface area contributed by atoms with Gasteiger partial charge >= 0.3 is 0 Å². The Morgan fingerprint density at radius 3 is 3.30 bits per heavy atom. The van der Waals surface area contributed by atoms with Gasteiger partial charge in [0.15, 0.2) is 0 Å². The lowest BCUT2D eigenvalue weighted by molar-refractivity contribution is 0.551. The number of hydrogen-bond donors (Lipinski definition) is 1. The Labute approximate surface area is 76.4 Å². The van der Waals surface area contributed by atoms with Crippen molar-refractivity contribution >= 4 is 28.7 Å². The second-order valence-electron chi connectivity index (χ2n) is 2.60. The van der Waals surface area contributed by atoms with Crippen molar-refractivity contribution in [1.82, 2.24) is 5.32 Å². The molecule has 0 aromatic rings.